The lowest BCUT2D eigenvalue weighted by Crippen LogP contribution is -2.40. The number of halogens is 3. The fourth-order valence-electron chi connectivity index (χ4n) is 1.29. The molecule has 6 heteroatoms. The van der Waals surface area contributed by atoms with Crippen LogP contribution >= 0.6 is 35.6 Å². The third-order valence-corrected chi connectivity index (χ3v) is 2.61. The van der Waals surface area contributed by atoms with E-state index < -0.39 is 0 Å². The molecule has 1 atom stereocenters. The molecule has 0 aromatic heterocycles. The van der Waals surface area contributed by atoms with Crippen molar-refractivity contribution in [2.45, 2.75) is 19.5 Å². The first-order chi connectivity index (χ1) is 7.52. The van der Waals surface area contributed by atoms with Crippen molar-refractivity contribution >= 4 is 41.5 Å². The lowest BCUT2D eigenvalue weighted by Gasteiger charge is -2.12. The summed E-state index contributed by atoms with van der Waals surface area (Å²) in [4.78, 5) is 11.2. The second-order valence-electron chi connectivity index (χ2n) is 3.49. The predicted octanol–water partition coefficient (Wildman–Crippen LogP) is 2.64. The molecule has 0 unspecified atom stereocenters. The summed E-state index contributed by atoms with van der Waals surface area (Å²) in [6.45, 7) is 2.35. The number of carbonyl (C=O) groups excluding carboxylic acids is 1. The Labute approximate surface area is 117 Å². The minimum atomic E-state index is -0.247. The molecule has 0 heterocycles. The normalized spacial score (nSPS) is 11.5. The summed E-state index contributed by atoms with van der Waals surface area (Å²) in [5, 5.41) is 6.83. The predicted molar refractivity (Wildman–Crippen MR) is 74.1 cm³/mol. The highest BCUT2D eigenvalue weighted by atomic mass is 35.5. The molecular weight excluding hydrogens is 282 g/mol. The van der Waals surface area contributed by atoms with Crippen LogP contribution in [0, 0.1) is 0 Å². The zero-order chi connectivity index (χ0) is 12.1. The van der Waals surface area contributed by atoms with E-state index in [9.17, 15) is 4.79 Å². The van der Waals surface area contributed by atoms with Crippen LogP contribution in [0.2, 0.25) is 10.0 Å². The van der Waals surface area contributed by atoms with Gasteiger partial charge < -0.3 is 10.6 Å². The van der Waals surface area contributed by atoms with Gasteiger partial charge in [-0.05, 0) is 30.7 Å². The van der Waals surface area contributed by atoms with Gasteiger partial charge in [-0.3, -0.25) is 4.79 Å². The summed E-state index contributed by atoms with van der Waals surface area (Å²) in [5.41, 5.74) is 0.952. The van der Waals surface area contributed by atoms with Crippen LogP contribution in [0.15, 0.2) is 18.2 Å². The number of amides is 1. The Hall–Kier alpha value is -0.480. The Bertz CT molecular complexity index is 365. The van der Waals surface area contributed by atoms with Gasteiger partial charge in [0.15, 0.2) is 0 Å². The smallest absolute Gasteiger partial charge is 0.236 e. The highest BCUT2D eigenvalue weighted by molar-refractivity contribution is 6.34. The van der Waals surface area contributed by atoms with Gasteiger partial charge in [0.1, 0.15) is 0 Å². The highest BCUT2D eigenvalue weighted by Crippen LogP contribution is 2.18. The summed E-state index contributed by atoms with van der Waals surface area (Å²) in [7, 11) is 1.61. The van der Waals surface area contributed by atoms with Crippen molar-refractivity contribution in [3.05, 3.63) is 33.8 Å². The average Bonchev–Trinajstić information content (AvgIpc) is 2.23. The van der Waals surface area contributed by atoms with Gasteiger partial charge in [0, 0.05) is 23.6 Å². The molecule has 0 bridgehead atoms. The number of carbonyl (C=O) groups is 1. The SMILES string of the molecule is CNC(=O)[C@@H](C)NCc1cc(Cl)cc(Cl)c1.Cl. The standard InChI is InChI=1S/C11H14Cl2N2O.ClH/c1-7(11(16)14-2)15-6-8-3-9(12)5-10(13)4-8;/h3-5,7,15H,6H2,1-2H3,(H,14,16);1H/t7-;/m1./s1. The molecule has 1 rings (SSSR count). The van der Waals surface area contributed by atoms with Gasteiger partial charge >= 0.3 is 0 Å². The maximum atomic E-state index is 11.2. The zero-order valence-electron chi connectivity index (χ0n) is 9.59. The first kappa shape index (κ1) is 16.5. The van der Waals surface area contributed by atoms with Crippen LogP contribution in [0.4, 0.5) is 0 Å². The fourth-order valence-corrected chi connectivity index (χ4v) is 1.86. The molecule has 0 spiro atoms. The van der Waals surface area contributed by atoms with E-state index in [2.05, 4.69) is 10.6 Å². The van der Waals surface area contributed by atoms with Gasteiger partial charge in [0.2, 0.25) is 5.91 Å². The van der Waals surface area contributed by atoms with E-state index in [0.717, 1.165) is 5.56 Å². The van der Waals surface area contributed by atoms with E-state index in [4.69, 9.17) is 23.2 Å². The maximum absolute atomic E-state index is 11.2. The third kappa shape index (κ3) is 5.59. The van der Waals surface area contributed by atoms with Crippen LogP contribution in [0.25, 0.3) is 0 Å². The molecular formula is C11H15Cl3N2O. The van der Waals surface area contributed by atoms with Gasteiger partial charge in [-0.2, -0.15) is 0 Å². The van der Waals surface area contributed by atoms with Crippen molar-refractivity contribution < 1.29 is 4.79 Å². The van der Waals surface area contributed by atoms with E-state index in [1.165, 1.54) is 0 Å². The molecule has 1 aromatic rings. The zero-order valence-corrected chi connectivity index (χ0v) is 11.9. The van der Waals surface area contributed by atoms with Gasteiger partial charge in [-0.25, -0.2) is 0 Å². The van der Waals surface area contributed by atoms with Crippen LogP contribution < -0.4 is 10.6 Å². The van der Waals surface area contributed by atoms with Crippen molar-refractivity contribution in [3.8, 4) is 0 Å². The lowest BCUT2D eigenvalue weighted by atomic mass is 10.2. The van der Waals surface area contributed by atoms with Gasteiger partial charge in [0.25, 0.3) is 0 Å². The number of nitrogens with one attached hydrogen (secondary N) is 2. The Kier molecular flexibility index (Phi) is 7.55. The lowest BCUT2D eigenvalue weighted by molar-refractivity contribution is -0.122. The van der Waals surface area contributed by atoms with E-state index in [-0.39, 0.29) is 24.4 Å². The van der Waals surface area contributed by atoms with Crippen LogP contribution in [-0.2, 0) is 11.3 Å². The maximum Gasteiger partial charge on any atom is 0.236 e. The molecule has 0 aliphatic rings. The number of hydrogen-bond donors (Lipinski definition) is 2. The quantitative estimate of drug-likeness (QED) is 0.897. The molecule has 0 radical (unpaired) electrons. The molecule has 1 amide bonds. The Morgan fingerprint density at radius 3 is 2.29 bits per heavy atom. The summed E-state index contributed by atoms with van der Waals surface area (Å²) < 4.78 is 0. The van der Waals surface area contributed by atoms with Crippen molar-refractivity contribution in [1.29, 1.82) is 0 Å². The number of hydrogen-bond acceptors (Lipinski definition) is 2. The number of benzene rings is 1. The van der Waals surface area contributed by atoms with Crippen LogP contribution in [-0.4, -0.2) is 19.0 Å². The monoisotopic (exact) mass is 296 g/mol. The molecule has 3 nitrogen and oxygen atoms in total. The molecule has 96 valence electrons. The average molecular weight is 298 g/mol. The van der Waals surface area contributed by atoms with Gasteiger partial charge in [-0.1, -0.05) is 23.2 Å². The second-order valence-corrected chi connectivity index (χ2v) is 4.37. The minimum Gasteiger partial charge on any atom is -0.358 e. The van der Waals surface area contributed by atoms with Crippen LogP contribution in [0.5, 0.6) is 0 Å². The van der Waals surface area contributed by atoms with Crippen LogP contribution in [0.1, 0.15) is 12.5 Å². The topological polar surface area (TPSA) is 41.1 Å². The Morgan fingerprint density at radius 1 is 1.29 bits per heavy atom. The Balaban J connectivity index is 0.00000256. The summed E-state index contributed by atoms with van der Waals surface area (Å²) in [6.07, 6.45) is 0. The molecule has 0 fully saturated rings. The number of likely N-dealkylation sites (N-methyl/N-ethyl adjacent to an activating group) is 1. The number of rotatable bonds is 4. The molecule has 2 N–H and O–H groups in total. The van der Waals surface area contributed by atoms with E-state index >= 15 is 0 Å². The largest absolute Gasteiger partial charge is 0.358 e. The third-order valence-electron chi connectivity index (χ3n) is 2.17. The van der Waals surface area contributed by atoms with E-state index in [1.807, 2.05) is 12.1 Å². The second kappa shape index (κ2) is 7.77. The van der Waals surface area contributed by atoms with Crippen LogP contribution in [0.3, 0.4) is 0 Å². The van der Waals surface area contributed by atoms with Crippen molar-refractivity contribution in [2.24, 2.45) is 0 Å². The molecule has 0 aliphatic carbocycles. The molecule has 0 saturated heterocycles. The first-order valence-electron chi connectivity index (χ1n) is 4.93. The van der Waals surface area contributed by atoms with Gasteiger partial charge in [0.05, 0.1) is 6.04 Å². The summed E-state index contributed by atoms with van der Waals surface area (Å²) >= 11 is 11.7. The summed E-state index contributed by atoms with van der Waals surface area (Å²) in [6, 6.07) is 5.06. The van der Waals surface area contributed by atoms with Crippen molar-refractivity contribution in [1.82, 2.24) is 10.6 Å². The van der Waals surface area contributed by atoms with Crippen molar-refractivity contribution in [3.63, 3.8) is 0 Å². The molecule has 1 aromatic carbocycles. The molecule has 0 aliphatic heterocycles. The van der Waals surface area contributed by atoms with E-state index in [0.29, 0.717) is 16.6 Å². The fraction of sp³-hybridized carbons (Fsp3) is 0.364. The van der Waals surface area contributed by atoms with Gasteiger partial charge in [-0.15, -0.1) is 12.4 Å². The molecule has 17 heavy (non-hydrogen) atoms. The Morgan fingerprint density at radius 2 is 1.82 bits per heavy atom. The first-order valence-corrected chi connectivity index (χ1v) is 5.68. The van der Waals surface area contributed by atoms with Crippen molar-refractivity contribution in [2.75, 3.05) is 7.05 Å². The summed E-state index contributed by atoms with van der Waals surface area (Å²) in [5.74, 6) is -0.0480. The minimum absolute atomic E-state index is 0. The molecule has 0 saturated carbocycles. The highest BCUT2D eigenvalue weighted by Gasteiger charge is 2.09. The van der Waals surface area contributed by atoms with E-state index in [1.54, 1.807) is 20.0 Å².